The van der Waals surface area contributed by atoms with E-state index in [0.29, 0.717) is 6.54 Å². The Morgan fingerprint density at radius 3 is 2.46 bits per heavy atom. The SMILES string of the molecule is C[C@@H](OC(=O)c1ccc(C(F)(F)F)cc1)C(=O)NCCC1=CCCCC1. The van der Waals surface area contributed by atoms with Crippen molar-refractivity contribution in [2.75, 3.05) is 6.54 Å². The fourth-order valence-corrected chi connectivity index (χ4v) is 2.70. The summed E-state index contributed by atoms with van der Waals surface area (Å²) < 4.78 is 42.6. The molecule has 0 saturated carbocycles. The van der Waals surface area contributed by atoms with E-state index in [1.54, 1.807) is 0 Å². The Labute approximate surface area is 150 Å². The molecular formula is C19H22F3NO3. The van der Waals surface area contributed by atoms with Crippen LogP contribution < -0.4 is 5.32 Å². The quantitative estimate of drug-likeness (QED) is 0.602. The van der Waals surface area contributed by atoms with Gasteiger partial charge in [0.15, 0.2) is 6.10 Å². The molecule has 1 N–H and O–H groups in total. The van der Waals surface area contributed by atoms with Gasteiger partial charge in [-0.2, -0.15) is 13.2 Å². The Hall–Kier alpha value is -2.31. The number of halogens is 3. The summed E-state index contributed by atoms with van der Waals surface area (Å²) in [5, 5.41) is 2.71. The smallest absolute Gasteiger partial charge is 0.416 e. The molecule has 7 heteroatoms. The second-order valence-corrected chi connectivity index (χ2v) is 6.27. The molecule has 0 spiro atoms. The number of hydrogen-bond acceptors (Lipinski definition) is 3. The third kappa shape index (κ3) is 5.89. The Bertz CT molecular complexity index is 666. The molecule has 0 saturated heterocycles. The molecule has 0 unspecified atom stereocenters. The maximum Gasteiger partial charge on any atom is 0.416 e. The van der Waals surface area contributed by atoms with E-state index in [1.807, 2.05) is 0 Å². The Kier molecular flexibility index (Phi) is 6.83. The number of rotatable bonds is 6. The van der Waals surface area contributed by atoms with Gasteiger partial charge in [0.05, 0.1) is 11.1 Å². The van der Waals surface area contributed by atoms with Gasteiger partial charge in [-0.3, -0.25) is 4.79 Å². The predicted molar refractivity (Wildman–Crippen MR) is 90.5 cm³/mol. The molecule has 1 amide bonds. The van der Waals surface area contributed by atoms with Crippen LogP contribution in [-0.2, 0) is 15.7 Å². The number of nitrogens with one attached hydrogen (secondary N) is 1. The Balaban J connectivity index is 1.80. The largest absolute Gasteiger partial charge is 0.449 e. The zero-order valence-corrected chi connectivity index (χ0v) is 14.6. The number of hydrogen-bond donors (Lipinski definition) is 1. The van der Waals surface area contributed by atoms with Crippen LogP contribution in [0.25, 0.3) is 0 Å². The van der Waals surface area contributed by atoms with Crippen molar-refractivity contribution in [1.82, 2.24) is 5.32 Å². The summed E-state index contributed by atoms with van der Waals surface area (Å²) in [7, 11) is 0. The molecular weight excluding hydrogens is 347 g/mol. The van der Waals surface area contributed by atoms with Crippen molar-refractivity contribution < 1.29 is 27.5 Å². The number of alkyl halides is 3. The van der Waals surface area contributed by atoms with Crippen LogP contribution >= 0.6 is 0 Å². The van der Waals surface area contributed by atoms with Gasteiger partial charge < -0.3 is 10.1 Å². The molecule has 1 aliphatic rings. The number of benzene rings is 1. The fraction of sp³-hybridized carbons (Fsp3) is 0.474. The van der Waals surface area contributed by atoms with E-state index in [2.05, 4.69) is 11.4 Å². The zero-order chi connectivity index (χ0) is 19.2. The number of carbonyl (C=O) groups is 2. The average Bonchev–Trinajstić information content (AvgIpc) is 2.61. The highest BCUT2D eigenvalue weighted by Gasteiger charge is 2.30. The van der Waals surface area contributed by atoms with Gasteiger partial charge in [-0.1, -0.05) is 11.6 Å². The number of carbonyl (C=O) groups excluding carboxylic acids is 2. The molecule has 0 radical (unpaired) electrons. The third-order valence-electron chi connectivity index (χ3n) is 4.23. The summed E-state index contributed by atoms with van der Waals surface area (Å²) >= 11 is 0. The molecule has 1 atom stereocenters. The zero-order valence-electron chi connectivity index (χ0n) is 14.6. The van der Waals surface area contributed by atoms with Crippen molar-refractivity contribution in [3.63, 3.8) is 0 Å². The van der Waals surface area contributed by atoms with Gasteiger partial charge in [-0.05, 0) is 63.3 Å². The van der Waals surface area contributed by atoms with Crippen LogP contribution in [0.2, 0.25) is 0 Å². The van der Waals surface area contributed by atoms with E-state index in [4.69, 9.17) is 4.74 Å². The molecule has 26 heavy (non-hydrogen) atoms. The number of allylic oxidation sites excluding steroid dienone is 1. The lowest BCUT2D eigenvalue weighted by atomic mass is 9.97. The van der Waals surface area contributed by atoms with Crippen molar-refractivity contribution in [2.45, 2.75) is 51.3 Å². The normalized spacial score (nSPS) is 15.8. The molecule has 1 aromatic rings. The van der Waals surface area contributed by atoms with E-state index in [-0.39, 0.29) is 5.56 Å². The summed E-state index contributed by atoms with van der Waals surface area (Å²) in [4.78, 5) is 23.9. The first-order valence-corrected chi connectivity index (χ1v) is 8.61. The first-order chi connectivity index (χ1) is 12.3. The Morgan fingerprint density at radius 2 is 1.88 bits per heavy atom. The van der Waals surface area contributed by atoms with Gasteiger partial charge in [0.1, 0.15) is 0 Å². The number of esters is 1. The topological polar surface area (TPSA) is 55.4 Å². The summed E-state index contributed by atoms with van der Waals surface area (Å²) in [5.41, 5.74) is 0.438. The molecule has 2 rings (SSSR count). The van der Waals surface area contributed by atoms with Crippen molar-refractivity contribution in [2.24, 2.45) is 0 Å². The number of ether oxygens (including phenoxy) is 1. The monoisotopic (exact) mass is 369 g/mol. The average molecular weight is 369 g/mol. The summed E-state index contributed by atoms with van der Waals surface area (Å²) in [6.45, 7) is 1.89. The molecule has 0 bridgehead atoms. The van der Waals surface area contributed by atoms with Crippen LogP contribution in [0.3, 0.4) is 0 Å². The number of amides is 1. The summed E-state index contributed by atoms with van der Waals surface area (Å²) in [6, 6.07) is 3.68. The van der Waals surface area contributed by atoms with Crippen molar-refractivity contribution in [3.05, 3.63) is 47.0 Å². The van der Waals surface area contributed by atoms with Crippen LogP contribution in [0.15, 0.2) is 35.9 Å². The van der Waals surface area contributed by atoms with E-state index < -0.39 is 29.7 Å². The fourth-order valence-electron chi connectivity index (χ4n) is 2.70. The molecule has 0 aromatic heterocycles. The van der Waals surface area contributed by atoms with Crippen LogP contribution in [0.5, 0.6) is 0 Å². The maximum absolute atomic E-state index is 12.5. The van der Waals surface area contributed by atoms with Gasteiger partial charge in [0, 0.05) is 6.54 Å². The molecule has 0 heterocycles. The minimum atomic E-state index is -4.47. The standard InChI is InChI=1S/C19H22F3NO3/c1-13(17(24)23-12-11-14-5-3-2-4-6-14)26-18(25)15-7-9-16(10-8-15)19(20,21)22/h5,7-10,13H,2-4,6,11-12H2,1H3,(H,23,24)/t13-/m1/s1. The predicted octanol–water partition coefficient (Wildman–Crippen LogP) is 4.26. The maximum atomic E-state index is 12.5. The summed E-state index contributed by atoms with van der Waals surface area (Å²) in [6.07, 6.45) is 1.97. The molecule has 1 aliphatic carbocycles. The minimum absolute atomic E-state index is 0.0370. The highest BCUT2D eigenvalue weighted by Crippen LogP contribution is 2.29. The van der Waals surface area contributed by atoms with E-state index in [1.165, 1.54) is 25.3 Å². The van der Waals surface area contributed by atoms with Gasteiger partial charge in [-0.25, -0.2) is 4.79 Å². The van der Waals surface area contributed by atoms with E-state index in [9.17, 15) is 22.8 Å². The second-order valence-electron chi connectivity index (χ2n) is 6.27. The highest BCUT2D eigenvalue weighted by molar-refractivity contribution is 5.92. The van der Waals surface area contributed by atoms with Crippen LogP contribution in [0.1, 0.15) is 54.9 Å². The van der Waals surface area contributed by atoms with Crippen LogP contribution in [-0.4, -0.2) is 24.5 Å². The molecule has 4 nitrogen and oxygen atoms in total. The van der Waals surface area contributed by atoms with Gasteiger partial charge >= 0.3 is 12.1 Å². The lowest BCUT2D eigenvalue weighted by molar-refractivity contribution is -0.137. The summed E-state index contributed by atoms with van der Waals surface area (Å²) in [5.74, 6) is -1.27. The van der Waals surface area contributed by atoms with Crippen LogP contribution in [0.4, 0.5) is 13.2 Å². The second kappa shape index (κ2) is 8.87. The van der Waals surface area contributed by atoms with E-state index >= 15 is 0 Å². The van der Waals surface area contributed by atoms with Gasteiger partial charge in [0.25, 0.3) is 5.91 Å². The van der Waals surface area contributed by atoms with E-state index in [0.717, 1.165) is 43.5 Å². The molecule has 0 fully saturated rings. The molecule has 1 aromatic carbocycles. The molecule has 142 valence electrons. The highest BCUT2D eigenvalue weighted by atomic mass is 19.4. The van der Waals surface area contributed by atoms with Crippen molar-refractivity contribution >= 4 is 11.9 Å². The lowest BCUT2D eigenvalue weighted by Crippen LogP contribution is -2.36. The van der Waals surface area contributed by atoms with Crippen LogP contribution in [0, 0.1) is 0 Å². The third-order valence-corrected chi connectivity index (χ3v) is 4.23. The lowest BCUT2D eigenvalue weighted by Gasteiger charge is -2.16. The minimum Gasteiger partial charge on any atom is -0.449 e. The van der Waals surface area contributed by atoms with Crippen molar-refractivity contribution in [3.8, 4) is 0 Å². The van der Waals surface area contributed by atoms with Crippen molar-refractivity contribution in [1.29, 1.82) is 0 Å². The van der Waals surface area contributed by atoms with Gasteiger partial charge in [-0.15, -0.1) is 0 Å². The first kappa shape index (κ1) is 20.0. The first-order valence-electron chi connectivity index (χ1n) is 8.61. The molecule has 0 aliphatic heterocycles. The van der Waals surface area contributed by atoms with Gasteiger partial charge in [0.2, 0.25) is 0 Å². The Morgan fingerprint density at radius 1 is 1.19 bits per heavy atom.